The summed E-state index contributed by atoms with van der Waals surface area (Å²) in [5.74, 6) is 0.618. The van der Waals surface area contributed by atoms with Crippen LogP contribution < -0.4 is 0 Å². The van der Waals surface area contributed by atoms with E-state index in [1.165, 1.54) is 5.56 Å². The third kappa shape index (κ3) is 2.94. The van der Waals surface area contributed by atoms with E-state index in [0.717, 1.165) is 13.0 Å². The molecule has 0 amide bonds. The molecule has 2 rings (SSSR count). The summed E-state index contributed by atoms with van der Waals surface area (Å²) < 4.78 is 1.99. The molecule has 0 saturated carbocycles. The standard InChI is InChI=1S/C13H16N2/c1-12(11-15-9-5-8-14-15)10-13-6-3-2-4-7-13/h2-9,12H,10-11H2,1H3. The zero-order valence-corrected chi connectivity index (χ0v) is 9.00. The van der Waals surface area contributed by atoms with Crippen molar-refractivity contribution in [2.24, 2.45) is 5.92 Å². The summed E-state index contributed by atoms with van der Waals surface area (Å²) in [6.07, 6.45) is 4.96. The van der Waals surface area contributed by atoms with Gasteiger partial charge >= 0.3 is 0 Å². The lowest BCUT2D eigenvalue weighted by Crippen LogP contribution is -2.10. The van der Waals surface area contributed by atoms with Crippen LogP contribution in [0.25, 0.3) is 0 Å². The molecule has 1 aromatic heterocycles. The van der Waals surface area contributed by atoms with Gasteiger partial charge in [0.1, 0.15) is 0 Å². The summed E-state index contributed by atoms with van der Waals surface area (Å²) in [7, 11) is 0. The van der Waals surface area contributed by atoms with E-state index in [9.17, 15) is 0 Å². The molecule has 2 nitrogen and oxygen atoms in total. The van der Waals surface area contributed by atoms with E-state index in [1.807, 2.05) is 23.1 Å². The van der Waals surface area contributed by atoms with Crippen LogP contribution in [0.2, 0.25) is 0 Å². The predicted molar refractivity (Wildman–Crippen MR) is 61.5 cm³/mol. The maximum Gasteiger partial charge on any atom is 0.0489 e. The highest BCUT2D eigenvalue weighted by Crippen LogP contribution is 2.09. The third-order valence-electron chi connectivity index (χ3n) is 2.48. The summed E-state index contributed by atoms with van der Waals surface area (Å²) >= 11 is 0. The summed E-state index contributed by atoms with van der Waals surface area (Å²) in [6, 6.07) is 12.6. The highest BCUT2D eigenvalue weighted by Gasteiger charge is 2.04. The first kappa shape index (κ1) is 9.97. The highest BCUT2D eigenvalue weighted by atomic mass is 15.3. The molecular weight excluding hydrogens is 184 g/mol. The average molecular weight is 200 g/mol. The van der Waals surface area contributed by atoms with Gasteiger partial charge in [-0.15, -0.1) is 0 Å². The topological polar surface area (TPSA) is 17.8 Å². The van der Waals surface area contributed by atoms with E-state index in [0.29, 0.717) is 5.92 Å². The molecule has 0 saturated heterocycles. The molecule has 0 N–H and O–H groups in total. The minimum absolute atomic E-state index is 0.618. The molecule has 0 aliphatic rings. The second-order valence-corrected chi connectivity index (χ2v) is 4.02. The predicted octanol–water partition coefficient (Wildman–Crippen LogP) is 2.76. The van der Waals surface area contributed by atoms with Gasteiger partial charge in [-0.05, 0) is 24.0 Å². The molecule has 1 atom stereocenters. The Morgan fingerprint density at radius 2 is 2.00 bits per heavy atom. The lowest BCUT2D eigenvalue weighted by Gasteiger charge is -2.11. The Morgan fingerprint density at radius 3 is 2.67 bits per heavy atom. The summed E-state index contributed by atoms with van der Waals surface area (Å²) in [6.45, 7) is 3.25. The van der Waals surface area contributed by atoms with E-state index in [4.69, 9.17) is 0 Å². The van der Waals surface area contributed by atoms with Crippen molar-refractivity contribution in [1.82, 2.24) is 9.78 Å². The van der Waals surface area contributed by atoms with Crippen molar-refractivity contribution in [2.45, 2.75) is 19.9 Å². The van der Waals surface area contributed by atoms with Crippen LogP contribution in [0.4, 0.5) is 0 Å². The van der Waals surface area contributed by atoms with Crippen LogP contribution in [0.3, 0.4) is 0 Å². The quantitative estimate of drug-likeness (QED) is 0.742. The molecule has 2 aromatic rings. The van der Waals surface area contributed by atoms with Gasteiger partial charge < -0.3 is 0 Å². The molecule has 0 bridgehead atoms. The Hall–Kier alpha value is -1.57. The molecule has 78 valence electrons. The van der Waals surface area contributed by atoms with Gasteiger partial charge in [0, 0.05) is 18.9 Å². The number of aromatic nitrogens is 2. The maximum absolute atomic E-state index is 4.21. The fourth-order valence-electron chi connectivity index (χ4n) is 1.81. The molecule has 1 aromatic carbocycles. The number of hydrogen-bond donors (Lipinski definition) is 0. The van der Waals surface area contributed by atoms with Crippen LogP contribution >= 0.6 is 0 Å². The Bertz CT molecular complexity index is 378. The van der Waals surface area contributed by atoms with Gasteiger partial charge in [0.25, 0.3) is 0 Å². The third-order valence-corrected chi connectivity index (χ3v) is 2.48. The van der Waals surface area contributed by atoms with Crippen molar-refractivity contribution in [3.63, 3.8) is 0 Å². The molecule has 0 radical (unpaired) electrons. The van der Waals surface area contributed by atoms with Crippen molar-refractivity contribution in [3.8, 4) is 0 Å². The minimum Gasteiger partial charge on any atom is -0.272 e. The molecule has 2 heteroatoms. The fourth-order valence-corrected chi connectivity index (χ4v) is 1.81. The Morgan fingerprint density at radius 1 is 1.20 bits per heavy atom. The maximum atomic E-state index is 4.21. The summed E-state index contributed by atoms with van der Waals surface area (Å²) in [5, 5.41) is 4.21. The fraction of sp³-hybridized carbons (Fsp3) is 0.308. The van der Waals surface area contributed by atoms with Crippen molar-refractivity contribution in [1.29, 1.82) is 0 Å². The van der Waals surface area contributed by atoms with Gasteiger partial charge in [-0.2, -0.15) is 5.10 Å². The molecule has 15 heavy (non-hydrogen) atoms. The van der Waals surface area contributed by atoms with E-state index < -0.39 is 0 Å². The van der Waals surface area contributed by atoms with E-state index in [-0.39, 0.29) is 0 Å². The van der Waals surface area contributed by atoms with Crippen molar-refractivity contribution in [3.05, 3.63) is 54.4 Å². The van der Waals surface area contributed by atoms with Crippen molar-refractivity contribution >= 4 is 0 Å². The first-order valence-corrected chi connectivity index (χ1v) is 5.36. The summed E-state index contributed by atoms with van der Waals surface area (Å²) in [5.41, 5.74) is 1.40. The van der Waals surface area contributed by atoms with Gasteiger partial charge in [0.05, 0.1) is 0 Å². The van der Waals surface area contributed by atoms with Crippen molar-refractivity contribution in [2.75, 3.05) is 0 Å². The zero-order chi connectivity index (χ0) is 10.5. The molecule has 0 spiro atoms. The minimum atomic E-state index is 0.618. The van der Waals surface area contributed by atoms with Crippen LogP contribution in [-0.4, -0.2) is 9.78 Å². The van der Waals surface area contributed by atoms with Crippen molar-refractivity contribution < 1.29 is 0 Å². The molecular formula is C13H16N2. The molecule has 0 aliphatic heterocycles. The molecule has 0 aliphatic carbocycles. The second-order valence-electron chi connectivity index (χ2n) is 4.02. The van der Waals surface area contributed by atoms with Crippen LogP contribution in [0.15, 0.2) is 48.8 Å². The van der Waals surface area contributed by atoms with Gasteiger partial charge in [0.2, 0.25) is 0 Å². The molecule has 1 heterocycles. The van der Waals surface area contributed by atoms with Gasteiger partial charge in [-0.3, -0.25) is 4.68 Å². The average Bonchev–Trinajstić information content (AvgIpc) is 2.71. The lowest BCUT2D eigenvalue weighted by atomic mass is 10.0. The van der Waals surface area contributed by atoms with Gasteiger partial charge in [-0.25, -0.2) is 0 Å². The first-order valence-electron chi connectivity index (χ1n) is 5.36. The lowest BCUT2D eigenvalue weighted by molar-refractivity contribution is 0.448. The second kappa shape index (κ2) is 4.78. The Labute approximate surface area is 90.6 Å². The number of nitrogens with zero attached hydrogens (tertiary/aromatic N) is 2. The number of benzene rings is 1. The monoisotopic (exact) mass is 200 g/mol. The van der Waals surface area contributed by atoms with E-state index in [1.54, 1.807) is 0 Å². The Kier molecular flexibility index (Phi) is 3.18. The normalized spacial score (nSPS) is 12.6. The molecule has 0 fully saturated rings. The van der Waals surface area contributed by atoms with E-state index in [2.05, 4.69) is 42.4 Å². The van der Waals surface area contributed by atoms with Gasteiger partial charge in [0.15, 0.2) is 0 Å². The highest BCUT2D eigenvalue weighted by molar-refractivity contribution is 5.14. The number of hydrogen-bond acceptors (Lipinski definition) is 1. The first-order chi connectivity index (χ1) is 7.34. The van der Waals surface area contributed by atoms with E-state index >= 15 is 0 Å². The largest absolute Gasteiger partial charge is 0.272 e. The SMILES string of the molecule is CC(Cc1ccccc1)Cn1cccn1. The smallest absolute Gasteiger partial charge is 0.0489 e. The van der Waals surface area contributed by atoms with Gasteiger partial charge in [-0.1, -0.05) is 37.3 Å². The van der Waals surface area contributed by atoms with Crippen LogP contribution in [0.5, 0.6) is 0 Å². The van der Waals surface area contributed by atoms with Crippen LogP contribution in [0.1, 0.15) is 12.5 Å². The zero-order valence-electron chi connectivity index (χ0n) is 9.00. The molecule has 1 unspecified atom stereocenters. The summed E-state index contributed by atoms with van der Waals surface area (Å²) in [4.78, 5) is 0. The van der Waals surface area contributed by atoms with Crippen LogP contribution in [-0.2, 0) is 13.0 Å². The number of rotatable bonds is 4. The Balaban J connectivity index is 1.90. The van der Waals surface area contributed by atoms with Crippen LogP contribution in [0, 0.1) is 5.92 Å².